The lowest BCUT2D eigenvalue weighted by molar-refractivity contribution is -0.276. The number of pyridine rings is 1. The van der Waals surface area contributed by atoms with E-state index in [2.05, 4.69) is 14.7 Å². The summed E-state index contributed by atoms with van der Waals surface area (Å²) in [4.78, 5) is 21.1. The van der Waals surface area contributed by atoms with Gasteiger partial charge in [0.25, 0.3) is 5.91 Å². The summed E-state index contributed by atoms with van der Waals surface area (Å²) < 4.78 is 50.2. The molecule has 0 bridgehead atoms. The number of halogens is 3. The van der Waals surface area contributed by atoms with Crippen molar-refractivity contribution in [2.75, 3.05) is 6.54 Å². The van der Waals surface area contributed by atoms with Crippen molar-refractivity contribution in [2.45, 2.75) is 32.0 Å². The van der Waals surface area contributed by atoms with Gasteiger partial charge in [0.1, 0.15) is 12.0 Å². The Morgan fingerprint density at radius 1 is 1.46 bits per heavy atom. The number of hydrogen-bond donors (Lipinski definition) is 1. The van der Waals surface area contributed by atoms with Gasteiger partial charge in [0.15, 0.2) is 12.3 Å². The average molecular weight is 373 g/mol. The number of nitrogens with zero attached hydrogens (tertiary/aromatic N) is 3. The molecule has 8 nitrogen and oxygen atoms in total. The van der Waals surface area contributed by atoms with Gasteiger partial charge in [-0.3, -0.25) is 4.79 Å². The minimum Gasteiger partial charge on any atom is -0.482 e. The smallest absolute Gasteiger partial charge is 0.482 e. The third kappa shape index (κ3) is 4.04. The number of amides is 1. The zero-order chi connectivity index (χ0) is 18.9. The molecule has 1 amide bonds. The second-order valence-corrected chi connectivity index (χ2v) is 5.56. The average Bonchev–Trinajstić information content (AvgIpc) is 3.06. The highest BCUT2D eigenvalue weighted by Crippen LogP contribution is 2.23. The first-order valence-electron chi connectivity index (χ1n) is 7.51. The van der Waals surface area contributed by atoms with Crippen molar-refractivity contribution in [3.05, 3.63) is 36.2 Å². The second kappa shape index (κ2) is 6.83. The van der Waals surface area contributed by atoms with E-state index < -0.39 is 18.3 Å². The van der Waals surface area contributed by atoms with Crippen LogP contribution in [0.5, 0.6) is 11.6 Å². The van der Waals surface area contributed by atoms with Crippen molar-refractivity contribution in [3.8, 4) is 11.6 Å². The lowest BCUT2D eigenvalue weighted by atomic mass is 10.0. The molecular formula is C15H14F3N3O5. The Morgan fingerprint density at radius 2 is 2.23 bits per heavy atom. The predicted octanol–water partition coefficient (Wildman–Crippen LogP) is 1.75. The number of likely N-dealkylation sites (tertiary alicyclic amines) is 1. The molecule has 1 aliphatic heterocycles. The molecule has 1 saturated heterocycles. The fourth-order valence-electron chi connectivity index (χ4n) is 2.26. The Morgan fingerprint density at radius 3 is 2.81 bits per heavy atom. The van der Waals surface area contributed by atoms with Gasteiger partial charge in [0.05, 0.1) is 18.3 Å². The quantitative estimate of drug-likeness (QED) is 0.853. The van der Waals surface area contributed by atoms with Crippen molar-refractivity contribution in [2.24, 2.45) is 0 Å². The molecule has 2 aromatic rings. The SMILES string of the molecule is C[C@H]1[C@H](O)CN1C(=O)c1coc(COc2ccc(OC(F)(F)F)nc2)n1. The molecule has 2 aromatic heterocycles. The summed E-state index contributed by atoms with van der Waals surface area (Å²) in [6.45, 7) is 1.80. The summed E-state index contributed by atoms with van der Waals surface area (Å²) in [7, 11) is 0. The molecule has 3 rings (SSSR count). The number of rotatable bonds is 5. The van der Waals surface area contributed by atoms with Crippen LogP contribution in [-0.2, 0) is 6.61 Å². The molecule has 1 aliphatic rings. The molecule has 0 aliphatic carbocycles. The van der Waals surface area contributed by atoms with Crippen LogP contribution in [0, 0.1) is 0 Å². The predicted molar refractivity (Wildman–Crippen MR) is 78.3 cm³/mol. The van der Waals surface area contributed by atoms with E-state index in [9.17, 15) is 23.1 Å². The lowest BCUT2D eigenvalue weighted by Gasteiger charge is -2.42. The fraction of sp³-hybridized carbons (Fsp3) is 0.400. The van der Waals surface area contributed by atoms with Crippen LogP contribution in [0.4, 0.5) is 13.2 Å². The van der Waals surface area contributed by atoms with Gasteiger partial charge in [-0.25, -0.2) is 9.97 Å². The highest BCUT2D eigenvalue weighted by Gasteiger charge is 2.38. The van der Waals surface area contributed by atoms with E-state index in [1.165, 1.54) is 17.2 Å². The van der Waals surface area contributed by atoms with Gasteiger partial charge in [-0.1, -0.05) is 0 Å². The minimum atomic E-state index is -4.82. The van der Waals surface area contributed by atoms with Crippen LogP contribution in [0.15, 0.2) is 29.0 Å². The monoisotopic (exact) mass is 373 g/mol. The summed E-state index contributed by atoms with van der Waals surface area (Å²) in [6, 6.07) is 1.96. The number of hydrogen-bond acceptors (Lipinski definition) is 7. The maximum Gasteiger partial charge on any atom is 0.574 e. The van der Waals surface area contributed by atoms with E-state index in [1.807, 2.05) is 0 Å². The summed E-state index contributed by atoms with van der Waals surface area (Å²) in [5, 5.41) is 9.45. The zero-order valence-electron chi connectivity index (χ0n) is 13.4. The fourth-order valence-corrected chi connectivity index (χ4v) is 2.26. The number of oxazole rings is 1. The number of β-amino-alcohol motifs (C(OH)–C–C–N with tert-alkyl or cyclic N) is 1. The van der Waals surface area contributed by atoms with Crippen molar-refractivity contribution >= 4 is 5.91 Å². The normalized spacial score (nSPS) is 19.8. The van der Waals surface area contributed by atoms with Crippen LogP contribution in [0.25, 0.3) is 0 Å². The first-order valence-corrected chi connectivity index (χ1v) is 7.51. The molecule has 0 spiro atoms. The molecule has 0 unspecified atom stereocenters. The minimum absolute atomic E-state index is 0.0781. The van der Waals surface area contributed by atoms with E-state index in [0.29, 0.717) is 0 Å². The van der Waals surface area contributed by atoms with Crippen molar-refractivity contribution < 1.29 is 37.0 Å². The van der Waals surface area contributed by atoms with Crippen LogP contribution in [0.1, 0.15) is 23.3 Å². The molecule has 0 aromatic carbocycles. The molecule has 26 heavy (non-hydrogen) atoms. The third-order valence-electron chi connectivity index (χ3n) is 3.76. The number of aliphatic hydroxyl groups is 1. The summed E-state index contributed by atoms with van der Waals surface area (Å²) in [5.74, 6) is -0.699. The van der Waals surface area contributed by atoms with Crippen LogP contribution in [-0.4, -0.2) is 50.9 Å². The summed E-state index contributed by atoms with van der Waals surface area (Å²) in [5.41, 5.74) is 0.0781. The second-order valence-electron chi connectivity index (χ2n) is 5.56. The van der Waals surface area contributed by atoms with E-state index >= 15 is 0 Å². The Hall–Kier alpha value is -2.82. The molecule has 0 radical (unpaired) electrons. The van der Waals surface area contributed by atoms with E-state index in [-0.39, 0.29) is 42.4 Å². The highest BCUT2D eigenvalue weighted by atomic mass is 19.4. The maximum atomic E-state index is 12.2. The largest absolute Gasteiger partial charge is 0.574 e. The van der Waals surface area contributed by atoms with Gasteiger partial charge in [-0.05, 0) is 13.0 Å². The molecule has 11 heteroatoms. The third-order valence-corrected chi connectivity index (χ3v) is 3.76. The van der Waals surface area contributed by atoms with E-state index in [4.69, 9.17) is 9.15 Å². The number of alkyl halides is 3. The standard InChI is InChI=1S/C15H14F3N3O5/c1-8-11(22)5-21(8)14(23)10-6-25-13(20-10)7-24-9-2-3-12(19-4-9)26-15(16,17)18/h2-4,6,8,11,22H,5,7H2,1H3/t8-,11+/m0/s1. The number of ether oxygens (including phenoxy) is 2. The molecule has 2 atom stereocenters. The van der Waals surface area contributed by atoms with Crippen LogP contribution in [0.2, 0.25) is 0 Å². The first-order chi connectivity index (χ1) is 12.2. The summed E-state index contributed by atoms with van der Waals surface area (Å²) in [6.07, 6.45) is -3.14. The lowest BCUT2D eigenvalue weighted by Crippen LogP contribution is -2.60. The van der Waals surface area contributed by atoms with Gasteiger partial charge in [-0.2, -0.15) is 0 Å². The number of carbonyl (C=O) groups is 1. The Balaban J connectivity index is 1.54. The van der Waals surface area contributed by atoms with Gasteiger partial charge < -0.3 is 23.9 Å². The van der Waals surface area contributed by atoms with E-state index in [0.717, 1.165) is 12.3 Å². The Kier molecular flexibility index (Phi) is 4.72. The van der Waals surface area contributed by atoms with Gasteiger partial charge in [-0.15, -0.1) is 13.2 Å². The Labute approximate surface area is 145 Å². The number of aromatic nitrogens is 2. The number of carbonyl (C=O) groups excluding carboxylic acids is 1. The van der Waals surface area contributed by atoms with Gasteiger partial charge >= 0.3 is 6.36 Å². The molecule has 3 heterocycles. The number of aliphatic hydroxyl groups excluding tert-OH is 1. The molecule has 1 N–H and O–H groups in total. The highest BCUT2D eigenvalue weighted by molar-refractivity contribution is 5.92. The van der Waals surface area contributed by atoms with Gasteiger partial charge in [0.2, 0.25) is 11.8 Å². The maximum absolute atomic E-state index is 12.2. The van der Waals surface area contributed by atoms with Crippen LogP contribution in [0.3, 0.4) is 0 Å². The molecule has 0 saturated carbocycles. The molecule has 140 valence electrons. The molecule has 1 fully saturated rings. The van der Waals surface area contributed by atoms with Crippen LogP contribution >= 0.6 is 0 Å². The van der Waals surface area contributed by atoms with Crippen molar-refractivity contribution in [1.29, 1.82) is 0 Å². The summed E-state index contributed by atoms with van der Waals surface area (Å²) >= 11 is 0. The van der Waals surface area contributed by atoms with Crippen molar-refractivity contribution in [3.63, 3.8) is 0 Å². The first kappa shape index (κ1) is 18.0. The van der Waals surface area contributed by atoms with Crippen molar-refractivity contribution in [1.82, 2.24) is 14.9 Å². The zero-order valence-corrected chi connectivity index (χ0v) is 13.4. The van der Waals surface area contributed by atoms with E-state index in [1.54, 1.807) is 6.92 Å². The van der Waals surface area contributed by atoms with Crippen LogP contribution < -0.4 is 9.47 Å². The van der Waals surface area contributed by atoms with Gasteiger partial charge in [0, 0.05) is 12.6 Å². The Bertz CT molecular complexity index is 778. The molecular weight excluding hydrogens is 359 g/mol. The topological polar surface area (TPSA) is 97.9 Å².